The van der Waals surface area contributed by atoms with Crippen molar-refractivity contribution in [1.29, 1.82) is 0 Å². The Hall–Kier alpha value is -0.530. The van der Waals surface area contributed by atoms with Crippen LogP contribution < -0.4 is 0 Å². The smallest absolute Gasteiger partial charge is 0.308 e. The van der Waals surface area contributed by atoms with E-state index in [0.29, 0.717) is 12.5 Å². The molecule has 0 heterocycles. The van der Waals surface area contributed by atoms with Crippen LogP contribution in [-0.4, -0.2) is 12.6 Å². The summed E-state index contributed by atoms with van der Waals surface area (Å²) in [5.74, 6) is 0.652. The van der Waals surface area contributed by atoms with Gasteiger partial charge in [-0.1, -0.05) is 169 Å². The van der Waals surface area contributed by atoms with Gasteiger partial charge in [-0.3, -0.25) is 4.79 Å². The molecular formula is C33H66O2. The zero-order chi connectivity index (χ0) is 25.8. The summed E-state index contributed by atoms with van der Waals surface area (Å²) in [7, 11) is 0. The van der Waals surface area contributed by atoms with E-state index in [4.69, 9.17) is 4.74 Å². The fraction of sp³-hybridized carbons (Fsp3) is 0.970. The molecule has 0 rings (SSSR count). The standard InChI is InChI=1S/C33H66O2/c1-5-8-10-12-14-16-17-18-19-20-22-24-26-29-32(30-35-33(34)31(4)27-7-3)28-25-23-21-15-13-11-9-6-2/h31-32H,5-30H2,1-4H3. The first kappa shape index (κ1) is 34.5. The third kappa shape index (κ3) is 24.9. The Bertz CT molecular complexity index is 419. The third-order valence-corrected chi connectivity index (χ3v) is 7.77. The molecule has 0 bridgehead atoms. The van der Waals surface area contributed by atoms with Crippen LogP contribution in [0.4, 0.5) is 0 Å². The van der Waals surface area contributed by atoms with Gasteiger partial charge in [-0.2, -0.15) is 0 Å². The summed E-state index contributed by atoms with van der Waals surface area (Å²) in [4.78, 5) is 12.3. The number of rotatable bonds is 28. The van der Waals surface area contributed by atoms with E-state index in [-0.39, 0.29) is 11.9 Å². The number of carbonyl (C=O) groups is 1. The van der Waals surface area contributed by atoms with Crippen LogP contribution >= 0.6 is 0 Å². The Morgan fingerprint density at radius 2 is 0.829 bits per heavy atom. The molecule has 0 spiro atoms. The zero-order valence-corrected chi connectivity index (χ0v) is 24.9. The van der Waals surface area contributed by atoms with Crippen molar-refractivity contribution in [2.45, 2.75) is 188 Å². The predicted molar refractivity (Wildman–Crippen MR) is 156 cm³/mol. The average molecular weight is 495 g/mol. The topological polar surface area (TPSA) is 26.3 Å². The Morgan fingerprint density at radius 1 is 0.486 bits per heavy atom. The van der Waals surface area contributed by atoms with Crippen molar-refractivity contribution in [3.05, 3.63) is 0 Å². The minimum absolute atomic E-state index is 0.0261. The van der Waals surface area contributed by atoms with Crippen molar-refractivity contribution in [3.63, 3.8) is 0 Å². The first-order chi connectivity index (χ1) is 17.2. The van der Waals surface area contributed by atoms with E-state index in [1.807, 2.05) is 6.92 Å². The molecular weight excluding hydrogens is 428 g/mol. The highest BCUT2D eigenvalue weighted by atomic mass is 16.5. The van der Waals surface area contributed by atoms with E-state index in [1.54, 1.807) is 0 Å². The van der Waals surface area contributed by atoms with Crippen molar-refractivity contribution >= 4 is 5.97 Å². The second-order valence-corrected chi connectivity index (χ2v) is 11.5. The SMILES string of the molecule is CCCCCCCCCCCCCCCC(CCCCCCCCCC)COC(=O)C(C)CCC. The minimum atomic E-state index is 0.0261. The van der Waals surface area contributed by atoms with Gasteiger partial charge < -0.3 is 4.74 Å². The van der Waals surface area contributed by atoms with E-state index in [0.717, 1.165) is 12.8 Å². The summed E-state index contributed by atoms with van der Waals surface area (Å²) in [6, 6.07) is 0. The summed E-state index contributed by atoms with van der Waals surface area (Å²) < 4.78 is 5.77. The van der Waals surface area contributed by atoms with E-state index >= 15 is 0 Å². The molecule has 0 aliphatic heterocycles. The van der Waals surface area contributed by atoms with E-state index in [9.17, 15) is 4.79 Å². The first-order valence-electron chi connectivity index (χ1n) is 16.3. The Balaban J connectivity index is 3.94. The third-order valence-electron chi connectivity index (χ3n) is 7.77. The Kier molecular flexibility index (Phi) is 27.6. The zero-order valence-electron chi connectivity index (χ0n) is 24.9. The Morgan fingerprint density at radius 3 is 1.17 bits per heavy atom. The first-order valence-corrected chi connectivity index (χ1v) is 16.3. The molecule has 0 N–H and O–H groups in total. The van der Waals surface area contributed by atoms with Crippen molar-refractivity contribution in [1.82, 2.24) is 0 Å². The predicted octanol–water partition coefficient (Wildman–Crippen LogP) is 11.6. The van der Waals surface area contributed by atoms with Gasteiger partial charge in [-0.05, 0) is 25.2 Å². The van der Waals surface area contributed by atoms with Crippen molar-refractivity contribution in [3.8, 4) is 0 Å². The number of hydrogen-bond acceptors (Lipinski definition) is 2. The van der Waals surface area contributed by atoms with Crippen molar-refractivity contribution in [2.24, 2.45) is 11.8 Å². The van der Waals surface area contributed by atoms with Gasteiger partial charge in [0.2, 0.25) is 0 Å². The van der Waals surface area contributed by atoms with Gasteiger partial charge in [0, 0.05) is 0 Å². The van der Waals surface area contributed by atoms with Gasteiger partial charge in [0.1, 0.15) is 0 Å². The second-order valence-electron chi connectivity index (χ2n) is 11.5. The lowest BCUT2D eigenvalue weighted by molar-refractivity contribution is -0.149. The molecule has 2 nitrogen and oxygen atoms in total. The summed E-state index contributed by atoms with van der Waals surface area (Å²) in [6.45, 7) is 9.39. The van der Waals surface area contributed by atoms with Gasteiger partial charge in [-0.25, -0.2) is 0 Å². The van der Waals surface area contributed by atoms with Gasteiger partial charge >= 0.3 is 5.97 Å². The molecule has 2 heteroatoms. The summed E-state index contributed by atoms with van der Waals surface area (Å²) in [6.07, 6.45) is 33.7. The van der Waals surface area contributed by atoms with E-state index < -0.39 is 0 Å². The number of carbonyl (C=O) groups excluding carboxylic acids is 1. The lowest BCUT2D eigenvalue weighted by Gasteiger charge is -2.19. The highest BCUT2D eigenvalue weighted by Gasteiger charge is 2.16. The molecule has 0 aliphatic rings. The summed E-state index contributed by atoms with van der Waals surface area (Å²) in [5.41, 5.74) is 0. The van der Waals surface area contributed by atoms with Crippen LogP contribution in [0.15, 0.2) is 0 Å². The molecule has 35 heavy (non-hydrogen) atoms. The van der Waals surface area contributed by atoms with Gasteiger partial charge in [-0.15, -0.1) is 0 Å². The van der Waals surface area contributed by atoms with Crippen molar-refractivity contribution in [2.75, 3.05) is 6.61 Å². The number of ether oxygens (including phenoxy) is 1. The molecule has 0 fully saturated rings. The number of hydrogen-bond donors (Lipinski definition) is 0. The monoisotopic (exact) mass is 495 g/mol. The summed E-state index contributed by atoms with van der Waals surface area (Å²) >= 11 is 0. The van der Waals surface area contributed by atoms with Crippen LogP contribution in [0.3, 0.4) is 0 Å². The van der Waals surface area contributed by atoms with Gasteiger partial charge in [0.15, 0.2) is 0 Å². The van der Waals surface area contributed by atoms with Crippen LogP contribution in [-0.2, 0) is 9.53 Å². The van der Waals surface area contributed by atoms with Gasteiger partial charge in [0.05, 0.1) is 12.5 Å². The largest absolute Gasteiger partial charge is 0.465 e. The molecule has 210 valence electrons. The minimum Gasteiger partial charge on any atom is -0.465 e. The van der Waals surface area contributed by atoms with Crippen LogP contribution in [0.1, 0.15) is 188 Å². The van der Waals surface area contributed by atoms with Crippen LogP contribution in [0.25, 0.3) is 0 Å². The normalized spacial score (nSPS) is 13.1. The molecule has 0 aromatic heterocycles. The fourth-order valence-electron chi connectivity index (χ4n) is 5.22. The van der Waals surface area contributed by atoms with E-state index in [2.05, 4.69) is 20.8 Å². The van der Waals surface area contributed by atoms with Gasteiger partial charge in [0.25, 0.3) is 0 Å². The number of esters is 1. The maximum atomic E-state index is 12.3. The van der Waals surface area contributed by atoms with Crippen molar-refractivity contribution < 1.29 is 9.53 Å². The lowest BCUT2D eigenvalue weighted by Crippen LogP contribution is -2.19. The molecule has 0 amide bonds. The Labute approximate surface area is 222 Å². The quantitative estimate of drug-likeness (QED) is 0.0798. The molecule has 2 unspecified atom stereocenters. The molecule has 0 aromatic rings. The molecule has 0 aromatic carbocycles. The summed E-state index contributed by atoms with van der Waals surface area (Å²) in [5, 5.41) is 0. The highest BCUT2D eigenvalue weighted by molar-refractivity contribution is 5.71. The maximum absolute atomic E-state index is 12.3. The fourth-order valence-corrected chi connectivity index (χ4v) is 5.22. The highest BCUT2D eigenvalue weighted by Crippen LogP contribution is 2.21. The molecule has 0 saturated heterocycles. The average Bonchev–Trinajstić information content (AvgIpc) is 2.86. The van der Waals surface area contributed by atoms with Crippen LogP contribution in [0.2, 0.25) is 0 Å². The molecule has 0 saturated carbocycles. The van der Waals surface area contributed by atoms with E-state index in [1.165, 1.54) is 148 Å². The van der Waals surface area contributed by atoms with Crippen LogP contribution in [0, 0.1) is 11.8 Å². The van der Waals surface area contributed by atoms with Crippen LogP contribution in [0.5, 0.6) is 0 Å². The maximum Gasteiger partial charge on any atom is 0.308 e. The second kappa shape index (κ2) is 28.0. The molecule has 0 aliphatic carbocycles. The molecule has 2 atom stereocenters. The lowest BCUT2D eigenvalue weighted by atomic mass is 9.94. The number of unbranched alkanes of at least 4 members (excludes halogenated alkanes) is 19. The molecule has 0 radical (unpaired) electrons.